The van der Waals surface area contributed by atoms with E-state index in [0.717, 1.165) is 12.8 Å². The number of aliphatic hydroxyl groups is 5. The minimum absolute atomic E-state index is 0.145. The van der Waals surface area contributed by atoms with Crippen LogP contribution in [0.2, 0.25) is 0 Å². The highest BCUT2D eigenvalue weighted by molar-refractivity contribution is 5.82. The van der Waals surface area contributed by atoms with Gasteiger partial charge in [-0.25, -0.2) is 4.79 Å². The SMILES string of the molecule is C[C@@H]1CCC/C=C/C=C/[C@H](O)C[C@H](O)C/C=C\C=C\[C@H](O[C@@H]2O[C@H](COC(=O)CCC(=O)O)[C@@H](O)[C@H](O)[C@H]2O)C/C=C/C=C\C(=O)O1. The smallest absolute Gasteiger partial charge is 0.331 e. The second-order valence-electron chi connectivity index (χ2n) is 11.3. The number of hydrogen-bond donors (Lipinski definition) is 6. The summed E-state index contributed by atoms with van der Waals surface area (Å²) in [4.78, 5) is 34.7. The maximum atomic E-state index is 12.2. The van der Waals surface area contributed by atoms with Crippen LogP contribution in [0.25, 0.3) is 0 Å². The van der Waals surface area contributed by atoms with Crippen molar-refractivity contribution < 1.29 is 64.0 Å². The molecule has 2 aliphatic rings. The second kappa shape index (κ2) is 22.2. The number of cyclic esters (lactones) is 1. The molecule has 6 N–H and O–H groups in total. The first-order valence-corrected chi connectivity index (χ1v) is 15.7. The summed E-state index contributed by atoms with van der Waals surface area (Å²) in [5.41, 5.74) is 0. The largest absolute Gasteiger partial charge is 0.481 e. The van der Waals surface area contributed by atoms with Crippen molar-refractivity contribution in [3.8, 4) is 0 Å². The minimum Gasteiger partial charge on any atom is -0.481 e. The molecule has 0 amide bonds. The summed E-state index contributed by atoms with van der Waals surface area (Å²) in [5, 5.41) is 60.5. The molecule has 0 unspecified atom stereocenters. The molecule has 0 aromatic rings. The van der Waals surface area contributed by atoms with E-state index in [1.807, 2.05) is 19.1 Å². The first kappa shape index (κ1) is 39.7. The molecule has 0 radical (unpaired) electrons. The van der Waals surface area contributed by atoms with E-state index in [4.69, 9.17) is 24.1 Å². The lowest BCUT2D eigenvalue weighted by Crippen LogP contribution is -2.59. The lowest BCUT2D eigenvalue weighted by molar-refractivity contribution is -0.307. The number of allylic oxidation sites excluding steroid dienone is 7. The Morgan fingerprint density at radius 3 is 2.34 bits per heavy atom. The molecular formula is C34H48O13. The third kappa shape index (κ3) is 16.8. The lowest BCUT2D eigenvalue weighted by Gasteiger charge is -2.40. The Morgan fingerprint density at radius 1 is 0.872 bits per heavy atom. The number of carbonyl (C=O) groups is 3. The van der Waals surface area contributed by atoms with Gasteiger partial charge in [-0.3, -0.25) is 9.59 Å². The number of aliphatic carboxylic acids is 1. The number of carboxylic acids is 1. The Bertz CT molecular complexity index is 1140. The average Bonchev–Trinajstić information content (AvgIpc) is 3.01. The fraction of sp³-hybridized carbons (Fsp3) is 0.559. The van der Waals surface area contributed by atoms with Gasteiger partial charge >= 0.3 is 17.9 Å². The summed E-state index contributed by atoms with van der Waals surface area (Å²) in [6, 6.07) is 0. The maximum Gasteiger partial charge on any atom is 0.331 e. The van der Waals surface area contributed by atoms with Crippen LogP contribution in [0.3, 0.4) is 0 Å². The lowest BCUT2D eigenvalue weighted by atomic mass is 9.99. The van der Waals surface area contributed by atoms with Gasteiger partial charge < -0.3 is 49.6 Å². The van der Waals surface area contributed by atoms with Crippen molar-refractivity contribution in [3.63, 3.8) is 0 Å². The van der Waals surface area contributed by atoms with Crippen LogP contribution in [0, 0.1) is 0 Å². The Kier molecular flexibility index (Phi) is 18.8. The summed E-state index contributed by atoms with van der Waals surface area (Å²) < 4.78 is 21.9. The molecule has 1 saturated heterocycles. The Morgan fingerprint density at radius 2 is 1.57 bits per heavy atom. The van der Waals surface area contributed by atoms with Gasteiger partial charge in [0, 0.05) is 12.5 Å². The fourth-order valence-corrected chi connectivity index (χ4v) is 4.54. The van der Waals surface area contributed by atoms with Gasteiger partial charge in [-0.1, -0.05) is 66.8 Å². The van der Waals surface area contributed by atoms with E-state index in [9.17, 15) is 39.9 Å². The second-order valence-corrected chi connectivity index (χ2v) is 11.3. The van der Waals surface area contributed by atoms with Crippen LogP contribution in [0.15, 0.2) is 72.9 Å². The van der Waals surface area contributed by atoms with Crippen LogP contribution in [0.1, 0.15) is 58.3 Å². The highest BCUT2D eigenvalue weighted by Gasteiger charge is 2.45. The van der Waals surface area contributed by atoms with Crippen LogP contribution in [-0.4, -0.2) is 110 Å². The zero-order chi connectivity index (χ0) is 34.6. The van der Waals surface area contributed by atoms with Crippen LogP contribution in [0.4, 0.5) is 0 Å². The number of carbonyl (C=O) groups excluding carboxylic acids is 2. The maximum absolute atomic E-state index is 12.2. The Balaban J connectivity index is 2.14. The molecule has 1 fully saturated rings. The first-order valence-electron chi connectivity index (χ1n) is 15.7. The van der Waals surface area contributed by atoms with Crippen LogP contribution in [-0.2, 0) is 33.3 Å². The summed E-state index contributed by atoms with van der Waals surface area (Å²) in [6.07, 6.45) is 11.5. The van der Waals surface area contributed by atoms with E-state index in [1.54, 1.807) is 48.6 Å². The normalized spacial score (nSPS) is 36.0. The minimum atomic E-state index is -1.70. The number of carboxylic acid groups (broad SMARTS) is 1. The molecule has 2 aliphatic heterocycles. The van der Waals surface area contributed by atoms with Gasteiger partial charge in [0.1, 0.15) is 31.0 Å². The molecule has 47 heavy (non-hydrogen) atoms. The topological polar surface area (TPSA) is 210 Å². The molecule has 2 heterocycles. The highest BCUT2D eigenvalue weighted by Crippen LogP contribution is 2.25. The standard InChI is InChI=1S/C34H48O13/c1-23-13-7-3-2-4-8-14-24(35)21-25(36)15-9-5-10-16-26(17-11-6-12-18-30(40)45-23)46-34-33(43)32(42)31(41)27(47-34)22-44-29(39)20-19-28(37)38/h2,4-6,8-12,14,16,18,23-27,31-36,41-43H,3,7,13,15,17,19-22H2,1H3,(H,37,38)/b4-2+,9-5-,11-6+,14-8+,16-10+,18-12-/t23-,24+,25-,26+,27-,31-,32+,33-,34-/m1/s1. The van der Waals surface area contributed by atoms with Gasteiger partial charge in [-0.05, 0) is 39.0 Å². The van der Waals surface area contributed by atoms with Crippen molar-refractivity contribution in [1.82, 2.24) is 0 Å². The molecule has 0 saturated carbocycles. The third-order valence-corrected chi connectivity index (χ3v) is 7.15. The van der Waals surface area contributed by atoms with Gasteiger partial charge in [0.15, 0.2) is 6.29 Å². The van der Waals surface area contributed by atoms with E-state index in [-0.39, 0.29) is 25.4 Å². The highest BCUT2D eigenvalue weighted by atomic mass is 16.7. The van der Waals surface area contributed by atoms with E-state index in [0.29, 0.717) is 6.42 Å². The zero-order valence-electron chi connectivity index (χ0n) is 26.5. The number of hydrogen-bond acceptors (Lipinski definition) is 12. The third-order valence-electron chi connectivity index (χ3n) is 7.15. The zero-order valence-corrected chi connectivity index (χ0v) is 26.5. The molecule has 0 bridgehead atoms. The van der Waals surface area contributed by atoms with Crippen molar-refractivity contribution >= 4 is 17.9 Å². The molecule has 13 heteroatoms. The molecule has 9 atom stereocenters. The van der Waals surface area contributed by atoms with E-state index in [1.165, 1.54) is 12.2 Å². The predicted molar refractivity (Wildman–Crippen MR) is 169 cm³/mol. The van der Waals surface area contributed by atoms with Gasteiger partial charge in [-0.2, -0.15) is 0 Å². The van der Waals surface area contributed by atoms with E-state index < -0.39 is 86.4 Å². The average molecular weight is 665 g/mol. The van der Waals surface area contributed by atoms with Gasteiger partial charge in [0.2, 0.25) is 0 Å². The molecule has 0 aliphatic carbocycles. The van der Waals surface area contributed by atoms with Crippen LogP contribution < -0.4 is 0 Å². The van der Waals surface area contributed by atoms with Gasteiger partial charge in [0.05, 0.1) is 37.3 Å². The Labute approximate surface area is 274 Å². The molecule has 0 spiro atoms. The number of aliphatic hydroxyl groups excluding tert-OH is 5. The molecule has 2 rings (SSSR count). The van der Waals surface area contributed by atoms with Crippen LogP contribution >= 0.6 is 0 Å². The van der Waals surface area contributed by atoms with Gasteiger partial charge in [0.25, 0.3) is 0 Å². The molecule has 0 aromatic heterocycles. The van der Waals surface area contributed by atoms with E-state index in [2.05, 4.69) is 0 Å². The quantitative estimate of drug-likeness (QED) is 0.215. The molecule has 0 aromatic carbocycles. The molecular weight excluding hydrogens is 616 g/mol. The number of rotatable bonds is 7. The van der Waals surface area contributed by atoms with Gasteiger partial charge in [-0.15, -0.1) is 0 Å². The van der Waals surface area contributed by atoms with Crippen molar-refractivity contribution in [1.29, 1.82) is 0 Å². The number of ether oxygens (including phenoxy) is 4. The summed E-state index contributed by atoms with van der Waals surface area (Å²) in [5.74, 6) is -2.52. The van der Waals surface area contributed by atoms with Crippen molar-refractivity contribution in [3.05, 3.63) is 72.9 Å². The van der Waals surface area contributed by atoms with Crippen LogP contribution in [0.5, 0.6) is 0 Å². The fourth-order valence-electron chi connectivity index (χ4n) is 4.54. The predicted octanol–water partition coefficient (Wildman–Crippen LogP) is 1.93. The first-order chi connectivity index (χ1) is 22.5. The Hall–Kier alpha value is -3.43. The van der Waals surface area contributed by atoms with Crippen molar-refractivity contribution in [2.75, 3.05) is 6.61 Å². The molecule has 13 nitrogen and oxygen atoms in total. The van der Waals surface area contributed by atoms with E-state index >= 15 is 0 Å². The monoisotopic (exact) mass is 664 g/mol. The van der Waals surface area contributed by atoms with Crippen molar-refractivity contribution in [2.45, 2.75) is 113 Å². The van der Waals surface area contributed by atoms with Crippen molar-refractivity contribution in [2.24, 2.45) is 0 Å². The summed E-state index contributed by atoms with van der Waals surface area (Å²) in [7, 11) is 0. The summed E-state index contributed by atoms with van der Waals surface area (Å²) in [6.45, 7) is 1.29. The molecule has 262 valence electrons. The summed E-state index contributed by atoms with van der Waals surface area (Å²) >= 11 is 0. The number of esters is 2.